The Balaban J connectivity index is 3.41. The lowest BCUT2D eigenvalue weighted by molar-refractivity contribution is -0.144. The Morgan fingerprint density at radius 1 is 0.677 bits per heavy atom. The lowest BCUT2D eigenvalue weighted by Crippen LogP contribution is -2.15. The average Bonchev–Trinajstić information content (AvgIpc) is 2.72. The quantitative estimate of drug-likeness (QED) is 0.0910. The molecule has 0 N–H and O–H groups in total. The van der Waals surface area contributed by atoms with E-state index in [-0.39, 0.29) is 5.97 Å². The van der Waals surface area contributed by atoms with Gasteiger partial charge in [-0.15, -0.1) is 0 Å². The van der Waals surface area contributed by atoms with E-state index in [1.165, 1.54) is 77.0 Å². The zero-order valence-corrected chi connectivity index (χ0v) is 21.5. The highest BCUT2D eigenvalue weighted by Gasteiger charge is 2.15. The molecule has 0 aliphatic carbocycles. The predicted octanol–water partition coefficient (Wildman–Crippen LogP) is 8.68. The molecular formula is C28H54O3. The lowest BCUT2D eigenvalue weighted by atomic mass is 9.86. The van der Waals surface area contributed by atoms with E-state index in [0.29, 0.717) is 24.9 Å². The van der Waals surface area contributed by atoms with Gasteiger partial charge in [-0.2, -0.15) is 0 Å². The van der Waals surface area contributed by atoms with Crippen molar-refractivity contribution in [3.63, 3.8) is 0 Å². The van der Waals surface area contributed by atoms with Crippen LogP contribution < -0.4 is 0 Å². The van der Waals surface area contributed by atoms with E-state index in [2.05, 4.69) is 27.7 Å². The molecule has 3 heteroatoms. The first-order valence-corrected chi connectivity index (χ1v) is 13.6. The van der Waals surface area contributed by atoms with Gasteiger partial charge in [0.05, 0.1) is 6.61 Å². The second-order valence-corrected chi connectivity index (χ2v) is 10.3. The highest BCUT2D eigenvalue weighted by atomic mass is 16.5. The van der Waals surface area contributed by atoms with Crippen molar-refractivity contribution in [1.82, 2.24) is 0 Å². The van der Waals surface area contributed by atoms with Gasteiger partial charge in [-0.1, -0.05) is 105 Å². The number of hydrogen-bond donors (Lipinski definition) is 0. The van der Waals surface area contributed by atoms with Gasteiger partial charge in [-0.05, 0) is 43.4 Å². The summed E-state index contributed by atoms with van der Waals surface area (Å²) in [5.41, 5.74) is 0. The van der Waals surface area contributed by atoms with Crippen LogP contribution >= 0.6 is 0 Å². The Morgan fingerprint density at radius 3 is 1.61 bits per heavy atom. The fourth-order valence-corrected chi connectivity index (χ4v) is 4.20. The van der Waals surface area contributed by atoms with Crippen molar-refractivity contribution < 1.29 is 14.3 Å². The first-order chi connectivity index (χ1) is 15.0. The molecule has 0 spiro atoms. The summed E-state index contributed by atoms with van der Waals surface area (Å²) in [6, 6.07) is 0. The van der Waals surface area contributed by atoms with Crippen LogP contribution in [0.5, 0.6) is 0 Å². The Bertz CT molecular complexity index is 403. The van der Waals surface area contributed by atoms with Crippen molar-refractivity contribution in [2.24, 2.45) is 17.8 Å². The smallest absolute Gasteiger partial charge is 0.305 e. The molecule has 1 unspecified atom stereocenters. The molecule has 0 heterocycles. The summed E-state index contributed by atoms with van der Waals surface area (Å²) in [7, 11) is 0. The maximum atomic E-state index is 12.0. The average molecular weight is 439 g/mol. The number of esters is 1. The first-order valence-electron chi connectivity index (χ1n) is 13.6. The molecule has 31 heavy (non-hydrogen) atoms. The fourth-order valence-electron chi connectivity index (χ4n) is 4.20. The van der Waals surface area contributed by atoms with Gasteiger partial charge in [-0.3, -0.25) is 4.79 Å². The number of unbranched alkanes of at least 4 members (excludes halogenated alkanes) is 13. The van der Waals surface area contributed by atoms with Crippen LogP contribution in [-0.2, 0) is 14.3 Å². The van der Waals surface area contributed by atoms with Crippen molar-refractivity contribution in [1.29, 1.82) is 0 Å². The number of rotatable bonds is 23. The highest BCUT2D eigenvalue weighted by Crippen LogP contribution is 2.23. The van der Waals surface area contributed by atoms with Crippen LogP contribution in [0.15, 0.2) is 0 Å². The van der Waals surface area contributed by atoms with E-state index in [1.54, 1.807) is 0 Å². The van der Waals surface area contributed by atoms with Gasteiger partial charge in [-0.25, -0.2) is 0 Å². The molecule has 0 fully saturated rings. The second-order valence-electron chi connectivity index (χ2n) is 10.3. The van der Waals surface area contributed by atoms with Gasteiger partial charge in [0.2, 0.25) is 0 Å². The van der Waals surface area contributed by atoms with Crippen LogP contribution in [0, 0.1) is 17.8 Å². The molecule has 0 saturated carbocycles. The first kappa shape index (κ1) is 30.1. The number of carbonyl (C=O) groups excluding carboxylic acids is 2. The Kier molecular flexibility index (Phi) is 21.7. The zero-order chi connectivity index (χ0) is 23.2. The topological polar surface area (TPSA) is 43.4 Å². The maximum absolute atomic E-state index is 12.0. The van der Waals surface area contributed by atoms with E-state index in [0.717, 1.165) is 44.3 Å². The van der Waals surface area contributed by atoms with Crippen LogP contribution in [0.2, 0.25) is 0 Å². The van der Waals surface area contributed by atoms with E-state index < -0.39 is 0 Å². The molecule has 0 radical (unpaired) electrons. The van der Waals surface area contributed by atoms with Gasteiger partial charge in [0.15, 0.2) is 0 Å². The molecule has 0 aromatic carbocycles. The molecule has 184 valence electrons. The molecule has 0 bridgehead atoms. The molecule has 0 aromatic rings. The summed E-state index contributed by atoms with van der Waals surface area (Å²) in [5.74, 6) is 2.08. The molecule has 0 rings (SSSR count). The van der Waals surface area contributed by atoms with Crippen molar-refractivity contribution in [3.05, 3.63) is 0 Å². The number of aldehydes is 1. The largest absolute Gasteiger partial charge is 0.466 e. The van der Waals surface area contributed by atoms with Gasteiger partial charge >= 0.3 is 5.97 Å². The number of carbonyl (C=O) groups is 2. The van der Waals surface area contributed by atoms with Gasteiger partial charge in [0, 0.05) is 12.8 Å². The third kappa shape index (κ3) is 22.1. The molecular weight excluding hydrogens is 384 g/mol. The summed E-state index contributed by atoms with van der Waals surface area (Å²) < 4.78 is 5.49. The Morgan fingerprint density at radius 2 is 1.16 bits per heavy atom. The summed E-state index contributed by atoms with van der Waals surface area (Å²) in [4.78, 5) is 22.2. The minimum Gasteiger partial charge on any atom is -0.466 e. The van der Waals surface area contributed by atoms with Crippen LogP contribution in [0.4, 0.5) is 0 Å². The van der Waals surface area contributed by atoms with Crippen molar-refractivity contribution >= 4 is 12.3 Å². The van der Waals surface area contributed by atoms with Crippen molar-refractivity contribution in [2.45, 2.75) is 143 Å². The van der Waals surface area contributed by atoms with E-state index in [4.69, 9.17) is 4.74 Å². The van der Waals surface area contributed by atoms with Gasteiger partial charge in [0.25, 0.3) is 0 Å². The van der Waals surface area contributed by atoms with Crippen LogP contribution in [0.3, 0.4) is 0 Å². The molecule has 0 aliphatic rings. The van der Waals surface area contributed by atoms with Crippen molar-refractivity contribution in [3.8, 4) is 0 Å². The number of hydrogen-bond acceptors (Lipinski definition) is 3. The van der Waals surface area contributed by atoms with Crippen molar-refractivity contribution in [2.75, 3.05) is 6.61 Å². The third-order valence-electron chi connectivity index (χ3n) is 6.51. The summed E-state index contributed by atoms with van der Waals surface area (Å²) in [6.07, 6.45) is 22.2. The molecule has 0 aliphatic heterocycles. The summed E-state index contributed by atoms with van der Waals surface area (Å²) in [5, 5.41) is 0. The highest BCUT2D eigenvalue weighted by molar-refractivity contribution is 5.69. The lowest BCUT2D eigenvalue weighted by Gasteiger charge is -2.21. The molecule has 0 aromatic heterocycles. The molecule has 3 nitrogen and oxygen atoms in total. The van der Waals surface area contributed by atoms with E-state index >= 15 is 0 Å². The van der Waals surface area contributed by atoms with E-state index in [1.807, 2.05) is 0 Å². The monoisotopic (exact) mass is 438 g/mol. The predicted molar refractivity (Wildman–Crippen MR) is 133 cm³/mol. The molecule has 0 saturated heterocycles. The normalized spacial score (nSPS) is 12.5. The minimum absolute atomic E-state index is 0.00229. The van der Waals surface area contributed by atoms with Gasteiger partial charge in [0.1, 0.15) is 6.29 Å². The standard InChI is InChI=1S/C28H54O3/c1-25(2)20-21-27(26(3)4)22-24-31-28(30)19-17-15-13-11-9-7-5-6-8-10-12-14-16-18-23-29/h23,25-27H,5-22,24H2,1-4H3. The maximum Gasteiger partial charge on any atom is 0.305 e. The molecule has 1 atom stereocenters. The Hall–Kier alpha value is -0.860. The second kappa shape index (κ2) is 22.3. The Labute approximate surface area is 194 Å². The fraction of sp³-hybridized carbons (Fsp3) is 0.929. The summed E-state index contributed by atoms with van der Waals surface area (Å²) in [6.45, 7) is 9.72. The van der Waals surface area contributed by atoms with Crippen LogP contribution in [-0.4, -0.2) is 18.9 Å². The molecule has 0 amide bonds. The van der Waals surface area contributed by atoms with E-state index in [9.17, 15) is 9.59 Å². The number of ether oxygens (including phenoxy) is 1. The zero-order valence-electron chi connectivity index (χ0n) is 21.5. The third-order valence-corrected chi connectivity index (χ3v) is 6.51. The SMILES string of the molecule is CC(C)CCC(CCOC(=O)CCCCCCCCCCCCCCCC=O)C(C)C. The van der Waals surface area contributed by atoms with Crippen LogP contribution in [0.25, 0.3) is 0 Å². The summed E-state index contributed by atoms with van der Waals surface area (Å²) >= 11 is 0. The van der Waals surface area contributed by atoms with Crippen LogP contribution in [0.1, 0.15) is 143 Å². The van der Waals surface area contributed by atoms with Gasteiger partial charge < -0.3 is 9.53 Å². The minimum atomic E-state index is -0.00229.